The molecule has 324 valence electrons. The van der Waals surface area contributed by atoms with E-state index < -0.39 is 108 Å². The zero-order valence-corrected chi connectivity index (χ0v) is 34.5. The van der Waals surface area contributed by atoms with Gasteiger partial charge in [-0.2, -0.15) is 0 Å². The summed E-state index contributed by atoms with van der Waals surface area (Å²) in [5.41, 5.74) is 15.6. The zero-order valence-electron chi connectivity index (χ0n) is 34.5. The van der Waals surface area contributed by atoms with Crippen LogP contribution in [0, 0.1) is 17.8 Å². The fourth-order valence-corrected chi connectivity index (χ4v) is 6.02. The highest BCUT2D eigenvalue weighted by Gasteiger charge is 2.43. The maximum atomic E-state index is 14.2. The van der Waals surface area contributed by atoms with Gasteiger partial charge in [-0.25, -0.2) is 28.8 Å². The molecule has 0 radical (unpaired) electrons. The predicted molar refractivity (Wildman–Crippen MR) is 204 cm³/mol. The fraction of sp³-hybridized carbons (Fsp3) is 0.750. The number of nitrogens with zero attached hydrogens (tertiary/aromatic N) is 3. The first-order valence-corrected chi connectivity index (χ1v) is 19.0. The van der Waals surface area contributed by atoms with E-state index in [-0.39, 0.29) is 58.2 Å². The number of esters is 3. The van der Waals surface area contributed by atoms with Crippen LogP contribution in [0.15, 0.2) is 0 Å². The minimum absolute atomic E-state index is 0.0252. The first-order chi connectivity index (χ1) is 26.5. The summed E-state index contributed by atoms with van der Waals surface area (Å²) >= 11 is 0. The Hall–Kier alpha value is -5.37. The van der Waals surface area contributed by atoms with Crippen molar-refractivity contribution in [2.24, 2.45) is 35.0 Å². The standard InChI is InChI=1S/C36H63N9O12/c1-19(2)25-28(46)43(7)23(14-11-17-41-35(38)53)32(50)56-27(21(5)6)30(48)45(9)24(15-12-18-42-36(39)54)33(51)57-26(20(3)4)29(47)44(8)22(31(49)55-25)13-10-16-40-34(37)52/h19-27H,10-18H2,1-9H3,(H3,37,40,52)(H3,38,41,53)(H3,39,42,54)/t22-,23-,24-,25-,26+,27+/m0/s1/i7+2,8+2,9+2. The molecule has 0 aromatic carbocycles. The second kappa shape index (κ2) is 23.6. The number of cyclic esters (lactones) is 3. The molecule has 9 amide bonds. The van der Waals surface area contributed by atoms with Crippen molar-refractivity contribution >= 4 is 53.7 Å². The number of urea groups is 3. The van der Waals surface area contributed by atoms with Crippen molar-refractivity contribution in [1.82, 2.24) is 30.7 Å². The summed E-state index contributed by atoms with van der Waals surface area (Å²) in [6.07, 6.45) is -4.30. The molecule has 1 rings (SSSR count). The van der Waals surface area contributed by atoms with Crippen LogP contribution in [0.1, 0.15) is 80.1 Å². The van der Waals surface area contributed by atoms with E-state index >= 15 is 0 Å². The Morgan fingerprint density at radius 2 is 0.719 bits per heavy atom. The third-order valence-electron chi connectivity index (χ3n) is 9.40. The minimum Gasteiger partial charge on any atom is -0.450 e. The number of hydrogen-bond acceptors (Lipinski definition) is 12. The Balaban J connectivity index is 3.96. The SMILES string of the molecule is CC(C)[C@@H]1OC(=O)[C@H](CCCNC(N)=O)N([14CH3])C(=O)[C@@H](C(C)C)OC(=O)[C@H](CCCNC(N)=O)N([14CH3])C(=O)[C@@H](C(C)C)OC(=O)[C@H](CCCNC(N)=O)N([14CH3])C1=O. The molecule has 0 aromatic heterocycles. The Kier molecular flexibility index (Phi) is 20.6. The zero-order chi connectivity index (χ0) is 43.7. The van der Waals surface area contributed by atoms with E-state index in [1.54, 1.807) is 41.5 Å². The van der Waals surface area contributed by atoms with Gasteiger partial charge in [0.2, 0.25) is 0 Å². The van der Waals surface area contributed by atoms with Crippen molar-refractivity contribution in [3.63, 3.8) is 0 Å². The lowest BCUT2D eigenvalue weighted by molar-refractivity contribution is -0.180. The summed E-state index contributed by atoms with van der Waals surface area (Å²) < 4.78 is 17.5. The summed E-state index contributed by atoms with van der Waals surface area (Å²) in [6.45, 7) is 9.73. The van der Waals surface area contributed by atoms with E-state index in [9.17, 15) is 43.2 Å². The average Bonchev–Trinajstić information content (AvgIpc) is 3.12. The van der Waals surface area contributed by atoms with E-state index in [4.69, 9.17) is 31.4 Å². The molecular weight excluding hydrogens is 756 g/mol. The third-order valence-corrected chi connectivity index (χ3v) is 9.40. The molecule has 1 aliphatic heterocycles. The van der Waals surface area contributed by atoms with Crippen LogP contribution in [0.5, 0.6) is 0 Å². The molecule has 9 N–H and O–H groups in total. The summed E-state index contributed by atoms with van der Waals surface area (Å²) in [5.74, 6) is -7.32. The van der Waals surface area contributed by atoms with Gasteiger partial charge in [-0.05, 0) is 56.3 Å². The van der Waals surface area contributed by atoms with Crippen molar-refractivity contribution in [1.29, 1.82) is 0 Å². The second-order valence-electron chi connectivity index (χ2n) is 15.0. The molecule has 0 aliphatic carbocycles. The normalized spacial score (nSPS) is 23.5. The number of rotatable bonds is 15. The summed E-state index contributed by atoms with van der Waals surface area (Å²) in [6, 6.07) is -6.52. The lowest BCUT2D eigenvalue weighted by atomic mass is 10.0. The van der Waals surface area contributed by atoms with Crippen LogP contribution in [-0.4, -0.2) is 146 Å². The van der Waals surface area contributed by atoms with Crippen LogP contribution in [-0.2, 0) is 43.0 Å². The van der Waals surface area contributed by atoms with Gasteiger partial charge in [0.25, 0.3) is 17.7 Å². The van der Waals surface area contributed by atoms with Gasteiger partial charge in [-0.3, -0.25) is 14.4 Å². The lowest BCUT2D eigenvalue weighted by Crippen LogP contribution is -2.56. The van der Waals surface area contributed by atoms with Crippen LogP contribution >= 0.6 is 0 Å². The van der Waals surface area contributed by atoms with Gasteiger partial charge in [-0.1, -0.05) is 41.5 Å². The van der Waals surface area contributed by atoms with Gasteiger partial charge in [0.15, 0.2) is 18.3 Å². The molecule has 1 aliphatic rings. The van der Waals surface area contributed by atoms with E-state index in [2.05, 4.69) is 16.0 Å². The Bertz CT molecular complexity index is 1280. The molecular formula is C36H63N9O12. The van der Waals surface area contributed by atoms with Crippen LogP contribution < -0.4 is 33.2 Å². The maximum absolute atomic E-state index is 14.2. The molecule has 6 atom stereocenters. The van der Waals surface area contributed by atoms with Crippen molar-refractivity contribution in [3.05, 3.63) is 0 Å². The van der Waals surface area contributed by atoms with Crippen molar-refractivity contribution in [2.75, 3.05) is 40.8 Å². The maximum Gasteiger partial charge on any atom is 0.329 e. The van der Waals surface area contributed by atoms with E-state index in [0.717, 1.165) is 14.7 Å². The second-order valence-corrected chi connectivity index (χ2v) is 15.0. The fourth-order valence-electron chi connectivity index (χ4n) is 6.02. The largest absolute Gasteiger partial charge is 0.450 e. The number of likely N-dealkylation sites (N-methyl/N-ethyl adjacent to an activating group) is 3. The Labute approximate surface area is 333 Å². The molecule has 0 saturated carbocycles. The molecule has 0 aromatic rings. The Morgan fingerprint density at radius 1 is 0.509 bits per heavy atom. The minimum atomic E-state index is -1.48. The topological polar surface area (TPSA) is 305 Å². The van der Waals surface area contributed by atoms with Gasteiger partial charge >= 0.3 is 36.0 Å². The molecule has 1 saturated heterocycles. The number of hydrogen-bond donors (Lipinski definition) is 6. The molecule has 1 heterocycles. The van der Waals surface area contributed by atoms with Crippen LogP contribution in [0.4, 0.5) is 14.4 Å². The smallest absolute Gasteiger partial charge is 0.329 e. The first-order valence-electron chi connectivity index (χ1n) is 19.0. The molecule has 0 bridgehead atoms. The summed E-state index contributed by atoms with van der Waals surface area (Å²) in [5, 5.41) is 7.23. The van der Waals surface area contributed by atoms with Gasteiger partial charge in [0.05, 0.1) is 0 Å². The predicted octanol–water partition coefficient (Wildman–Crippen LogP) is -0.470. The van der Waals surface area contributed by atoms with Gasteiger partial charge in [0.1, 0.15) is 18.1 Å². The quantitative estimate of drug-likeness (QED) is 0.0694. The average molecular weight is 820 g/mol. The molecule has 57 heavy (non-hydrogen) atoms. The number of nitrogens with one attached hydrogen (secondary N) is 3. The number of carbonyl (C=O) groups excluding carboxylic acids is 9. The lowest BCUT2D eigenvalue weighted by Gasteiger charge is -2.37. The van der Waals surface area contributed by atoms with Gasteiger partial charge in [0, 0.05) is 40.8 Å². The van der Waals surface area contributed by atoms with Crippen molar-refractivity contribution in [3.8, 4) is 0 Å². The number of carbonyl (C=O) groups is 9. The molecule has 0 spiro atoms. The first kappa shape index (κ1) is 49.6. The number of ether oxygens (including phenoxy) is 3. The van der Waals surface area contributed by atoms with Gasteiger partial charge in [-0.15, -0.1) is 0 Å². The van der Waals surface area contributed by atoms with E-state index in [1.807, 2.05) is 0 Å². The van der Waals surface area contributed by atoms with Gasteiger partial charge < -0.3 is 62.1 Å². The number of nitrogens with two attached hydrogens (primary N) is 3. The van der Waals surface area contributed by atoms with Crippen LogP contribution in [0.25, 0.3) is 0 Å². The number of amides is 9. The Morgan fingerprint density at radius 3 is 0.895 bits per heavy atom. The highest BCUT2D eigenvalue weighted by molar-refractivity contribution is 5.94. The van der Waals surface area contributed by atoms with Crippen LogP contribution in [0.2, 0.25) is 0 Å². The highest BCUT2D eigenvalue weighted by Crippen LogP contribution is 2.23. The van der Waals surface area contributed by atoms with E-state index in [1.165, 1.54) is 21.1 Å². The molecule has 21 heteroatoms. The third kappa shape index (κ3) is 15.6. The molecule has 21 nitrogen and oxygen atoms in total. The van der Waals surface area contributed by atoms with Crippen molar-refractivity contribution in [2.45, 2.75) is 117 Å². The van der Waals surface area contributed by atoms with Crippen LogP contribution in [0.3, 0.4) is 0 Å². The van der Waals surface area contributed by atoms with Crippen molar-refractivity contribution < 1.29 is 57.4 Å². The molecule has 0 unspecified atom stereocenters. The monoisotopic (exact) mass is 819 g/mol. The molecule has 1 fully saturated rings. The number of primary amides is 3. The van der Waals surface area contributed by atoms with E-state index in [0.29, 0.717) is 0 Å². The highest BCUT2D eigenvalue weighted by atomic mass is 16.6. The summed E-state index contributed by atoms with van der Waals surface area (Å²) in [7, 11) is 3.91. The summed E-state index contributed by atoms with van der Waals surface area (Å²) in [4.78, 5) is 122.